The molecule has 1 aliphatic carbocycles. The van der Waals surface area contributed by atoms with E-state index in [2.05, 4.69) is 11.4 Å². The maximum Gasteiger partial charge on any atom is 0.139 e. The first-order chi connectivity index (χ1) is 16.5. The zero-order valence-electron chi connectivity index (χ0n) is 20.0. The number of hydrogen-bond acceptors (Lipinski definition) is 5. The number of phenolic OH excluding ortho intramolecular Hbond substituents is 1. The van der Waals surface area contributed by atoms with Gasteiger partial charge in [0.15, 0.2) is 0 Å². The van der Waals surface area contributed by atoms with Crippen LogP contribution in [0.2, 0.25) is 0 Å². The molecule has 5 heteroatoms. The minimum Gasteiger partial charge on any atom is -0.506 e. The molecular formula is C29H32N2O3. The van der Waals surface area contributed by atoms with Crippen molar-refractivity contribution < 1.29 is 14.6 Å². The van der Waals surface area contributed by atoms with Crippen molar-refractivity contribution in [3.05, 3.63) is 89.5 Å². The number of nitrogens with zero attached hydrogens (tertiary/aromatic N) is 1. The molecule has 0 aromatic heterocycles. The molecule has 3 aromatic carbocycles. The van der Waals surface area contributed by atoms with E-state index in [9.17, 15) is 9.90 Å². The lowest BCUT2D eigenvalue weighted by Gasteiger charge is -2.40. The molecule has 1 aliphatic rings. The Balaban J connectivity index is 1.73. The summed E-state index contributed by atoms with van der Waals surface area (Å²) >= 11 is 0. The molecule has 0 atom stereocenters. The molecule has 2 N–H and O–H groups in total. The molecule has 0 unspecified atom stereocenters. The minimum absolute atomic E-state index is 0.172. The third-order valence-electron chi connectivity index (χ3n) is 6.71. The summed E-state index contributed by atoms with van der Waals surface area (Å²) in [6, 6.07) is 21.7. The number of benzene rings is 3. The molecule has 3 aromatic rings. The summed E-state index contributed by atoms with van der Waals surface area (Å²) in [7, 11) is 3.61. The summed E-state index contributed by atoms with van der Waals surface area (Å²) in [5, 5.41) is 14.7. The SMILES string of the molecule is C/C=C(\Nc1ccccc1)c1cc(O)c(N(C)Cc2ccc(OC)cc2)c(C2(C=O)CCC2)c1. The van der Waals surface area contributed by atoms with E-state index in [0.717, 1.165) is 59.4 Å². The Morgan fingerprint density at radius 3 is 2.38 bits per heavy atom. The number of para-hydroxylation sites is 1. The van der Waals surface area contributed by atoms with Gasteiger partial charge in [-0.15, -0.1) is 0 Å². The minimum atomic E-state index is -0.567. The highest BCUT2D eigenvalue weighted by atomic mass is 16.5. The normalized spacial score (nSPS) is 14.7. The summed E-state index contributed by atoms with van der Waals surface area (Å²) in [5.41, 5.74) is 4.82. The highest BCUT2D eigenvalue weighted by Gasteiger charge is 2.42. The molecule has 0 saturated heterocycles. The monoisotopic (exact) mass is 456 g/mol. The van der Waals surface area contributed by atoms with Crippen molar-refractivity contribution >= 4 is 23.4 Å². The fourth-order valence-corrected chi connectivity index (χ4v) is 4.64. The van der Waals surface area contributed by atoms with Crippen LogP contribution >= 0.6 is 0 Å². The zero-order valence-corrected chi connectivity index (χ0v) is 20.0. The van der Waals surface area contributed by atoms with Gasteiger partial charge >= 0.3 is 0 Å². The number of aldehydes is 1. The summed E-state index contributed by atoms with van der Waals surface area (Å²) < 4.78 is 5.26. The van der Waals surface area contributed by atoms with E-state index in [-0.39, 0.29) is 5.75 Å². The quantitative estimate of drug-likeness (QED) is 0.379. The van der Waals surface area contributed by atoms with Gasteiger partial charge in [-0.1, -0.05) is 42.8 Å². The van der Waals surface area contributed by atoms with Crippen molar-refractivity contribution in [3.8, 4) is 11.5 Å². The second kappa shape index (κ2) is 10.0. The number of allylic oxidation sites excluding steroid dienone is 1. The van der Waals surface area contributed by atoms with Crippen LogP contribution in [0.5, 0.6) is 11.5 Å². The molecule has 0 aliphatic heterocycles. The van der Waals surface area contributed by atoms with Crippen LogP contribution in [0, 0.1) is 0 Å². The van der Waals surface area contributed by atoms with Crippen LogP contribution in [-0.2, 0) is 16.8 Å². The van der Waals surface area contributed by atoms with E-state index in [1.54, 1.807) is 13.2 Å². The Labute approximate surface area is 201 Å². The van der Waals surface area contributed by atoms with Crippen molar-refractivity contribution in [2.24, 2.45) is 0 Å². The van der Waals surface area contributed by atoms with E-state index in [0.29, 0.717) is 12.2 Å². The number of aromatic hydroxyl groups is 1. The number of anilines is 2. The molecule has 176 valence electrons. The van der Waals surface area contributed by atoms with Crippen molar-refractivity contribution in [2.45, 2.75) is 38.1 Å². The second-order valence-corrected chi connectivity index (χ2v) is 8.92. The fraction of sp³-hybridized carbons (Fsp3) is 0.276. The fourth-order valence-electron chi connectivity index (χ4n) is 4.64. The van der Waals surface area contributed by atoms with Crippen LogP contribution in [0.1, 0.15) is 42.9 Å². The first-order valence-corrected chi connectivity index (χ1v) is 11.7. The summed E-state index contributed by atoms with van der Waals surface area (Å²) in [5.74, 6) is 0.976. The Hall–Kier alpha value is -3.73. The molecule has 0 spiro atoms. The molecule has 1 fully saturated rings. The average molecular weight is 457 g/mol. The number of rotatable bonds is 9. The predicted molar refractivity (Wildman–Crippen MR) is 139 cm³/mol. The number of carbonyl (C=O) groups is 1. The van der Waals surface area contributed by atoms with Gasteiger partial charge in [0.25, 0.3) is 0 Å². The lowest BCUT2D eigenvalue weighted by Crippen LogP contribution is -2.37. The maximum absolute atomic E-state index is 12.3. The summed E-state index contributed by atoms with van der Waals surface area (Å²) in [6.07, 6.45) is 5.64. The van der Waals surface area contributed by atoms with Gasteiger partial charge in [-0.2, -0.15) is 0 Å². The Bertz CT molecular complexity index is 1170. The maximum atomic E-state index is 12.3. The number of carbonyl (C=O) groups excluding carboxylic acids is 1. The van der Waals surface area contributed by atoms with Gasteiger partial charge in [0.2, 0.25) is 0 Å². The van der Waals surface area contributed by atoms with Gasteiger partial charge in [-0.25, -0.2) is 0 Å². The predicted octanol–water partition coefficient (Wildman–Crippen LogP) is 6.13. The first-order valence-electron chi connectivity index (χ1n) is 11.7. The average Bonchev–Trinajstić information content (AvgIpc) is 2.83. The van der Waals surface area contributed by atoms with Gasteiger partial charge in [-0.05, 0) is 67.3 Å². The van der Waals surface area contributed by atoms with Gasteiger partial charge < -0.3 is 24.9 Å². The molecule has 4 rings (SSSR count). The van der Waals surface area contributed by atoms with Gasteiger partial charge in [0.05, 0.1) is 18.2 Å². The number of phenols is 1. The number of hydrogen-bond donors (Lipinski definition) is 2. The molecule has 0 amide bonds. The number of methoxy groups -OCH3 is 1. The summed E-state index contributed by atoms with van der Waals surface area (Å²) in [4.78, 5) is 14.3. The van der Waals surface area contributed by atoms with Crippen LogP contribution < -0.4 is 15.0 Å². The highest BCUT2D eigenvalue weighted by Crippen LogP contribution is 2.49. The Morgan fingerprint density at radius 2 is 1.82 bits per heavy atom. The summed E-state index contributed by atoms with van der Waals surface area (Å²) in [6.45, 7) is 2.56. The third-order valence-corrected chi connectivity index (χ3v) is 6.71. The molecule has 0 bridgehead atoms. The lowest BCUT2D eigenvalue weighted by atomic mass is 9.64. The Morgan fingerprint density at radius 1 is 1.12 bits per heavy atom. The third kappa shape index (κ3) is 4.65. The standard InChI is InChI=1S/C29H32N2O3/c1-4-26(30-23-9-6-5-7-10-23)22-17-25(29(20-32)15-8-16-29)28(27(33)18-22)31(2)19-21-11-13-24(34-3)14-12-21/h4-7,9-14,17-18,20,30,33H,8,15-16,19H2,1-3H3/b26-4-. The van der Waals surface area contributed by atoms with Crippen molar-refractivity contribution in [1.82, 2.24) is 0 Å². The highest BCUT2D eigenvalue weighted by molar-refractivity contribution is 5.84. The van der Waals surface area contributed by atoms with E-state index in [1.807, 2.05) is 79.5 Å². The van der Waals surface area contributed by atoms with E-state index in [1.165, 1.54) is 0 Å². The first kappa shape index (κ1) is 23.4. The van der Waals surface area contributed by atoms with Crippen LogP contribution in [0.25, 0.3) is 5.70 Å². The molecule has 34 heavy (non-hydrogen) atoms. The lowest BCUT2D eigenvalue weighted by molar-refractivity contribution is -0.115. The molecule has 5 nitrogen and oxygen atoms in total. The number of ether oxygens (including phenoxy) is 1. The van der Waals surface area contributed by atoms with E-state index < -0.39 is 5.41 Å². The van der Waals surface area contributed by atoms with Crippen LogP contribution in [0.15, 0.2) is 72.8 Å². The van der Waals surface area contributed by atoms with Crippen molar-refractivity contribution in [3.63, 3.8) is 0 Å². The zero-order chi connectivity index (χ0) is 24.1. The van der Waals surface area contributed by atoms with Gasteiger partial charge in [-0.3, -0.25) is 0 Å². The van der Waals surface area contributed by atoms with Crippen LogP contribution in [-0.4, -0.2) is 25.6 Å². The topological polar surface area (TPSA) is 61.8 Å². The molecule has 0 heterocycles. The van der Waals surface area contributed by atoms with Gasteiger partial charge in [0, 0.05) is 30.5 Å². The van der Waals surface area contributed by atoms with E-state index >= 15 is 0 Å². The number of nitrogens with one attached hydrogen (secondary N) is 1. The van der Waals surface area contributed by atoms with Crippen LogP contribution in [0.4, 0.5) is 11.4 Å². The van der Waals surface area contributed by atoms with Crippen molar-refractivity contribution in [2.75, 3.05) is 24.4 Å². The Kier molecular flexibility index (Phi) is 6.92. The van der Waals surface area contributed by atoms with Crippen molar-refractivity contribution in [1.29, 1.82) is 0 Å². The van der Waals surface area contributed by atoms with Gasteiger partial charge in [0.1, 0.15) is 17.8 Å². The van der Waals surface area contributed by atoms with Crippen LogP contribution in [0.3, 0.4) is 0 Å². The molecule has 0 radical (unpaired) electrons. The second-order valence-electron chi connectivity index (χ2n) is 8.92. The molecular weight excluding hydrogens is 424 g/mol. The molecule has 1 saturated carbocycles. The van der Waals surface area contributed by atoms with E-state index in [4.69, 9.17) is 4.74 Å². The largest absolute Gasteiger partial charge is 0.506 e. The smallest absolute Gasteiger partial charge is 0.139 e.